The van der Waals surface area contributed by atoms with Crippen molar-refractivity contribution in [2.45, 2.75) is 20.0 Å². The summed E-state index contributed by atoms with van der Waals surface area (Å²) in [5.74, 6) is -0.407. The zero-order valence-corrected chi connectivity index (χ0v) is 18.7. The van der Waals surface area contributed by atoms with Crippen LogP contribution in [0.2, 0.25) is 10.0 Å². The molecule has 0 aliphatic rings. The Bertz CT molecular complexity index is 1460. The minimum Gasteiger partial charge on any atom is -0.324 e. The molecule has 8 heteroatoms. The van der Waals surface area contributed by atoms with Gasteiger partial charge >= 0.3 is 5.69 Å². The van der Waals surface area contributed by atoms with Crippen LogP contribution in [-0.4, -0.2) is 15.0 Å². The minimum absolute atomic E-state index is 0.0398. The lowest BCUT2D eigenvalue weighted by Gasteiger charge is -2.15. The molecule has 1 amide bonds. The monoisotopic (exact) mass is 467 g/mol. The highest BCUT2D eigenvalue weighted by Gasteiger charge is 2.16. The number of carbonyl (C=O) groups is 1. The molecule has 4 rings (SSSR count). The van der Waals surface area contributed by atoms with Gasteiger partial charge in [0.15, 0.2) is 0 Å². The molecular formula is C24H19Cl2N3O3. The molecule has 0 aliphatic heterocycles. The molecule has 0 fully saturated rings. The number of aromatic nitrogens is 2. The van der Waals surface area contributed by atoms with Gasteiger partial charge in [-0.2, -0.15) is 0 Å². The Balaban J connectivity index is 1.76. The first kappa shape index (κ1) is 21.9. The van der Waals surface area contributed by atoms with Crippen molar-refractivity contribution < 1.29 is 4.79 Å². The number of halogens is 2. The zero-order valence-electron chi connectivity index (χ0n) is 17.1. The van der Waals surface area contributed by atoms with E-state index in [9.17, 15) is 14.4 Å². The van der Waals surface area contributed by atoms with Gasteiger partial charge in [0.2, 0.25) is 5.91 Å². The molecule has 0 unspecified atom stereocenters. The number of hydrogen-bond donors (Lipinski definition) is 1. The van der Waals surface area contributed by atoms with E-state index in [-0.39, 0.29) is 13.1 Å². The smallest absolute Gasteiger partial charge is 0.324 e. The summed E-state index contributed by atoms with van der Waals surface area (Å²) < 4.78 is 2.42. The maximum absolute atomic E-state index is 13.3. The van der Waals surface area contributed by atoms with E-state index in [2.05, 4.69) is 5.32 Å². The number of nitrogens with zero attached hydrogens (tertiary/aromatic N) is 2. The van der Waals surface area contributed by atoms with E-state index < -0.39 is 17.2 Å². The molecule has 4 aromatic rings. The fraction of sp³-hybridized carbons (Fsp3) is 0.125. The average Bonchev–Trinajstić information content (AvgIpc) is 2.77. The van der Waals surface area contributed by atoms with E-state index in [1.54, 1.807) is 73.7 Å². The maximum Gasteiger partial charge on any atom is 0.332 e. The van der Waals surface area contributed by atoms with Gasteiger partial charge in [-0.25, -0.2) is 4.79 Å². The second-order valence-electron chi connectivity index (χ2n) is 7.37. The molecular weight excluding hydrogens is 449 g/mol. The summed E-state index contributed by atoms with van der Waals surface area (Å²) in [5, 5.41) is 4.18. The van der Waals surface area contributed by atoms with Crippen molar-refractivity contribution in [3.05, 3.63) is 109 Å². The van der Waals surface area contributed by atoms with Crippen LogP contribution in [0.3, 0.4) is 0 Å². The van der Waals surface area contributed by atoms with Crippen LogP contribution in [0.4, 0.5) is 5.69 Å². The Morgan fingerprint density at radius 1 is 0.938 bits per heavy atom. The third-order valence-corrected chi connectivity index (χ3v) is 5.85. The third-order valence-electron chi connectivity index (χ3n) is 5.21. The van der Waals surface area contributed by atoms with E-state index in [1.165, 1.54) is 4.57 Å². The Kier molecular flexibility index (Phi) is 6.17. The first-order valence-electron chi connectivity index (χ1n) is 9.87. The lowest BCUT2D eigenvalue weighted by molar-refractivity contribution is -0.116. The van der Waals surface area contributed by atoms with Crippen LogP contribution in [0, 0.1) is 6.92 Å². The molecule has 1 aromatic heterocycles. The highest BCUT2D eigenvalue weighted by Crippen LogP contribution is 2.23. The van der Waals surface area contributed by atoms with E-state index >= 15 is 0 Å². The van der Waals surface area contributed by atoms with Crippen LogP contribution in [0.1, 0.15) is 11.1 Å². The molecule has 0 saturated heterocycles. The molecule has 0 radical (unpaired) electrons. The van der Waals surface area contributed by atoms with Gasteiger partial charge in [-0.3, -0.25) is 18.7 Å². The van der Waals surface area contributed by atoms with E-state index in [1.807, 2.05) is 0 Å². The number of carbonyl (C=O) groups excluding carboxylic acids is 1. The summed E-state index contributed by atoms with van der Waals surface area (Å²) in [7, 11) is 0. The average molecular weight is 468 g/mol. The van der Waals surface area contributed by atoms with Gasteiger partial charge in [0, 0.05) is 15.7 Å². The molecule has 0 atom stereocenters. The van der Waals surface area contributed by atoms with Gasteiger partial charge < -0.3 is 5.32 Å². The largest absolute Gasteiger partial charge is 0.332 e. The summed E-state index contributed by atoms with van der Waals surface area (Å²) in [6, 6.07) is 18.9. The first-order chi connectivity index (χ1) is 15.3. The Morgan fingerprint density at radius 3 is 2.47 bits per heavy atom. The van der Waals surface area contributed by atoms with Gasteiger partial charge in [-0.15, -0.1) is 0 Å². The van der Waals surface area contributed by atoms with Gasteiger partial charge in [0.25, 0.3) is 5.56 Å². The first-order valence-corrected chi connectivity index (χ1v) is 10.6. The van der Waals surface area contributed by atoms with E-state index in [0.717, 1.165) is 10.1 Å². The highest BCUT2D eigenvalue weighted by molar-refractivity contribution is 6.31. The molecule has 1 N–H and O–H groups in total. The molecule has 0 bridgehead atoms. The maximum atomic E-state index is 13.3. The fourth-order valence-corrected chi connectivity index (χ4v) is 3.94. The molecule has 32 heavy (non-hydrogen) atoms. The second-order valence-corrected chi connectivity index (χ2v) is 8.21. The number of rotatable bonds is 5. The molecule has 0 spiro atoms. The van der Waals surface area contributed by atoms with Crippen molar-refractivity contribution in [3.63, 3.8) is 0 Å². The van der Waals surface area contributed by atoms with Gasteiger partial charge in [0.05, 0.1) is 17.4 Å². The standard InChI is InChI=1S/C24H19Cl2N3O3/c1-15-19(26)9-5-10-20(15)27-22(30)14-28-21-11-3-2-8-18(21)23(31)29(24(28)32)13-16-6-4-7-17(25)12-16/h2-12H,13-14H2,1H3,(H,27,30). The topological polar surface area (TPSA) is 73.1 Å². The van der Waals surface area contributed by atoms with E-state index in [4.69, 9.17) is 23.2 Å². The predicted molar refractivity (Wildman–Crippen MR) is 128 cm³/mol. The minimum atomic E-state index is -0.577. The number of anilines is 1. The summed E-state index contributed by atoms with van der Waals surface area (Å²) in [6.45, 7) is 1.57. The number of nitrogens with one attached hydrogen (secondary N) is 1. The van der Waals surface area contributed by atoms with Crippen molar-refractivity contribution in [1.29, 1.82) is 0 Å². The lowest BCUT2D eigenvalue weighted by Crippen LogP contribution is -2.42. The normalized spacial score (nSPS) is 11.0. The quantitative estimate of drug-likeness (QED) is 0.470. The number of fused-ring (bicyclic) bond motifs is 1. The predicted octanol–water partition coefficient (Wildman–Crippen LogP) is 4.47. The molecule has 3 aromatic carbocycles. The van der Waals surface area contributed by atoms with Crippen molar-refractivity contribution in [3.8, 4) is 0 Å². The van der Waals surface area contributed by atoms with Crippen LogP contribution >= 0.6 is 23.2 Å². The van der Waals surface area contributed by atoms with Crippen LogP contribution in [-0.2, 0) is 17.9 Å². The van der Waals surface area contributed by atoms with E-state index in [0.29, 0.717) is 32.2 Å². The molecule has 6 nitrogen and oxygen atoms in total. The Hall–Kier alpha value is -3.35. The van der Waals surface area contributed by atoms with Crippen LogP contribution in [0.5, 0.6) is 0 Å². The molecule has 0 aliphatic carbocycles. The van der Waals surface area contributed by atoms with Crippen molar-refractivity contribution >= 4 is 45.7 Å². The molecule has 162 valence electrons. The summed E-state index contributed by atoms with van der Waals surface area (Å²) in [5.41, 5.74) is 1.39. The summed E-state index contributed by atoms with van der Waals surface area (Å²) in [4.78, 5) is 39.2. The Morgan fingerprint density at radius 2 is 1.69 bits per heavy atom. The lowest BCUT2D eigenvalue weighted by atomic mass is 10.2. The number of hydrogen-bond acceptors (Lipinski definition) is 3. The van der Waals surface area contributed by atoms with Gasteiger partial charge in [-0.1, -0.05) is 53.5 Å². The van der Waals surface area contributed by atoms with Gasteiger partial charge in [0.1, 0.15) is 6.54 Å². The highest BCUT2D eigenvalue weighted by atomic mass is 35.5. The number of amides is 1. The Labute approximate surface area is 193 Å². The van der Waals surface area contributed by atoms with Crippen LogP contribution in [0.15, 0.2) is 76.3 Å². The third kappa shape index (κ3) is 4.33. The van der Waals surface area contributed by atoms with Crippen LogP contribution in [0.25, 0.3) is 10.9 Å². The molecule has 0 saturated carbocycles. The van der Waals surface area contributed by atoms with Crippen molar-refractivity contribution in [2.75, 3.05) is 5.32 Å². The zero-order chi connectivity index (χ0) is 22.8. The molecule has 1 heterocycles. The SMILES string of the molecule is Cc1c(Cl)cccc1NC(=O)Cn1c(=O)n(Cc2cccc(Cl)c2)c(=O)c2ccccc21. The van der Waals surface area contributed by atoms with Crippen LogP contribution < -0.4 is 16.6 Å². The number of para-hydroxylation sites is 1. The van der Waals surface area contributed by atoms with Crippen molar-refractivity contribution in [1.82, 2.24) is 9.13 Å². The number of benzene rings is 3. The van der Waals surface area contributed by atoms with Gasteiger partial charge in [-0.05, 0) is 54.4 Å². The second kappa shape index (κ2) is 9.02. The summed E-state index contributed by atoms with van der Waals surface area (Å²) in [6.07, 6.45) is 0. The summed E-state index contributed by atoms with van der Waals surface area (Å²) >= 11 is 12.2. The van der Waals surface area contributed by atoms with Crippen molar-refractivity contribution in [2.24, 2.45) is 0 Å². The fourth-order valence-electron chi connectivity index (χ4n) is 3.56.